The number of amides is 1. The second kappa shape index (κ2) is 9.49. The van der Waals surface area contributed by atoms with Crippen molar-refractivity contribution in [2.24, 2.45) is 5.10 Å². The molecule has 3 rings (SSSR count). The van der Waals surface area contributed by atoms with Crippen molar-refractivity contribution in [3.05, 3.63) is 98.5 Å². The highest BCUT2D eigenvalue weighted by atomic mass is 79.9. The van der Waals surface area contributed by atoms with Crippen LogP contribution in [0.5, 0.6) is 5.75 Å². The molecule has 3 aromatic rings. The van der Waals surface area contributed by atoms with E-state index in [0.29, 0.717) is 15.6 Å². The van der Waals surface area contributed by atoms with Gasteiger partial charge in [0.1, 0.15) is 10.6 Å². The van der Waals surface area contributed by atoms with Gasteiger partial charge in [0.2, 0.25) is 0 Å². The van der Waals surface area contributed by atoms with Gasteiger partial charge in [0.05, 0.1) is 16.7 Å². The van der Waals surface area contributed by atoms with E-state index in [9.17, 15) is 23.3 Å². The Morgan fingerprint density at radius 2 is 1.77 bits per heavy atom. The van der Waals surface area contributed by atoms with Gasteiger partial charge in [0.15, 0.2) is 0 Å². The highest BCUT2D eigenvalue weighted by Gasteiger charge is 2.19. The zero-order valence-corrected chi connectivity index (χ0v) is 18.0. The Bertz CT molecular complexity index is 1260. The summed E-state index contributed by atoms with van der Waals surface area (Å²) < 4.78 is 30.4. The van der Waals surface area contributed by atoms with Crippen LogP contribution in [0.1, 0.15) is 15.9 Å². The summed E-state index contributed by atoms with van der Waals surface area (Å²) >= 11 is 3.28. The maximum Gasteiger partial charge on any atom is 0.339 e. The first-order chi connectivity index (χ1) is 14.8. The van der Waals surface area contributed by atoms with Crippen molar-refractivity contribution < 1.29 is 22.3 Å². The molecule has 0 aliphatic carbocycles. The number of halogens is 1. The van der Waals surface area contributed by atoms with Gasteiger partial charge >= 0.3 is 10.1 Å². The van der Waals surface area contributed by atoms with E-state index in [1.54, 1.807) is 24.3 Å². The fourth-order valence-corrected chi connectivity index (χ4v) is 3.84. The van der Waals surface area contributed by atoms with Gasteiger partial charge in [-0.15, -0.1) is 0 Å². The smallest absolute Gasteiger partial charge is 0.339 e. The lowest BCUT2D eigenvalue weighted by Gasteiger charge is -2.07. The average molecular weight is 504 g/mol. The molecule has 0 aliphatic rings. The van der Waals surface area contributed by atoms with Gasteiger partial charge in [-0.3, -0.25) is 14.9 Å². The maximum absolute atomic E-state index is 12.3. The number of carbonyl (C=O) groups is 1. The molecule has 11 heteroatoms. The normalized spacial score (nSPS) is 11.3. The summed E-state index contributed by atoms with van der Waals surface area (Å²) in [5, 5.41) is 14.7. The molecule has 0 unspecified atom stereocenters. The molecule has 9 nitrogen and oxygen atoms in total. The Labute approximate surface area is 185 Å². The van der Waals surface area contributed by atoms with Gasteiger partial charge in [0.25, 0.3) is 11.6 Å². The molecule has 1 N–H and O–H groups in total. The Morgan fingerprint density at radius 1 is 1.06 bits per heavy atom. The van der Waals surface area contributed by atoms with Crippen LogP contribution in [0, 0.1) is 10.1 Å². The molecule has 0 radical (unpaired) electrons. The van der Waals surface area contributed by atoms with Gasteiger partial charge in [-0.1, -0.05) is 18.2 Å². The molecule has 0 spiro atoms. The van der Waals surface area contributed by atoms with E-state index in [1.807, 2.05) is 0 Å². The minimum absolute atomic E-state index is 0.0147. The highest BCUT2D eigenvalue weighted by Crippen LogP contribution is 2.22. The predicted octanol–water partition coefficient (Wildman–Crippen LogP) is 3.89. The van der Waals surface area contributed by atoms with E-state index in [1.165, 1.54) is 48.7 Å². The lowest BCUT2D eigenvalue weighted by atomic mass is 10.2. The minimum Gasteiger partial charge on any atom is -0.379 e. The largest absolute Gasteiger partial charge is 0.379 e. The number of nitrogens with one attached hydrogen (secondary N) is 1. The Kier molecular flexibility index (Phi) is 6.78. The average Bonchev–Trinajstić information content (AvgIpc) is 2.75. The number of hydrogen-bond donors (Lipinski definition) is 1. The van der Waals surface area contributed by atoms with Crippen LogP contribution in [0.2, 0.25) is 0 Å². The number of nitro benzene ring substituents is 1. The number of carbonyl (C=O) groups excluding carboxylic acids is 1. The summed E-state index contributed by atoms with van der Waals surface area (Å²) in [5.74, 6) is -0.382. The second-order valence-electron chi connectivity index (χ2n) is 6.04. The van der Waals surface area contributed by atoms with Crippen molar-refractivity contribution in [2.75, 3.05) is 0 Å². The standard InChI is InChI=1S/C20H14BrN3O6S/c21-19-7-2-1-6-18(19)20(25)23-22-13-14-8-10-16(11-9-14)30-31(28,29)17-5-3-4-15(12-17)24(26)27/h1-13H,(H,23,25)/b22-13-. The summed E-state index contributed by atoms with van der Waals surface area (Å²) in [6.45, 7) is 0. The number of nitro groups is 1. The third kappa shape index (κ3) is 5.74. The number of benzene rings is 3. The predicted molar refractivity (Wildman–Crippen MR) is 117 cm³/mol. The topological polar surface area (TPSA) is 128 Å². The Morgan fingerprint density at radius 3 is 2.45 bits per heavy atom. The van der Waals surface area contributed by atoms with E-state index in [2.05, 4.69) is 26.5 Å². The van der Waals surface area contributed by atoms with Gasteiger partial charge < -0.3 is 4.18 Å². The second-order valence-corrected chi connectivity index (χ2v) is 8.44. The number of hydrazone groups is 1. The lowest BCUT2D eigenvalue weighted by Crippen LogP contribution is -2.18. The van der Waals surface area contributed by atoms with Crippen LogP contribution >= 0.6 is 15.9 Å². The first kappa shape index (κ1) is 22.1. The fraction of sp³-hybridized carbons (Fsp3) is 0. The van der Waals surface area contributed by atoms with E-state index in [0.717, 1.165) is 6.07 Å². The van der Waals surface area contributed by atoms with Crippen LogP contribution in [-0.4, -0.2) is 25.5 Å². The van der Waals surface area contributed by atoms with E-state index in [4.69, 9.17) is 4.18 Å². The number of nitrogens with zero attached hydrogens (tertiary/aromatic N) is 2. The van der Waals surface area contributed by atoms with Crippen molar-refractivity contribution in [3.63, 3.8) is 0 Å². The quantitative estimate of drug-likeness (QED) is 0.225. The van der Waals surface area contributed by atoms with Gasteiger partial charge in [-0.05, 0) is 64.0 Å². The Hall–Kier alpha value is -3.57. The molecular weight excluding hydrogens is 490 g/mol. The molecule has 0 atom stereocenters. The third-order valence-electron chi connectivity index (χ3n) is 3.90. The zero-order valence-electron chi connectivity index (χ0n) is 15.6. The molecule has 0 saturated heterocycles. The molecule has 3 aromatic carbocycles. The van der Waals surface area contributed by atoms with Crippen LogP contribution < -0.4 is 9.61 Å². The van der Waals surface area contributed by atoms with Crippen LogP contribution in [0.15, 0.2) is 87.3 Å². The molecule has 31 heavy (non-hydrogen) atoms. The number of rotatable bonds is 7. The summed E-state index contributed by atoms with van der Waals surface area (Å²) in [4.78, 5) is 21.9. The highest BCUT2D eigenvalue weighted by molar-refractivity contribution is 9.10. The Balaban J connectivity index is 1.65. The van der Waals surface area contributed by atoms with E-state index in [-0.39, 0.29) is 16.3 Å². The number of non-ortho nitro benzene ring substituents is 1. The van der Waals surface area contributed by atoms with Crippen molar-refractivity contribution in [1.29, 1.82) is 0 Å². The lowest BCUT2D eigenvalue weighted by molar-refractivity contribution is -0.385. The molecule has 0 aliphatic heterocycles. The first-order valence-electron chi connectivity index (χ1n) is 8.63. The minimum atomic E-state index is -4.24. The molecule has 158 valence electrons. The van der Waals surface area contributed by atoms with Crippen LogP contribution in [0.4, 0.5) is 5.69 Å². The van der Waals surface area contributed by atoms with Crippen LogP contribution in [-0.2, 0) is 10.1 Å². The zero-order chi connectivity index (χ0) is 22.4. The summed E-state index contributed by atoms with van der Waals surface area (Å²) in [7, 11) is -4.24. The number of hydrogen-bond acceptors (Lipinski definition) is 7. The monoisotopic (exact) mass is 503 g/mol. The fourth-order valence-electron chi connectivity index (χ4n) is 2.41. The summed E-state index contributed by atoms with van der Waals surface area (Å²) in [6.07, 6.45) is 1.38. The molecule has 0 heterocycles. The van der Waals surface area contributed by atoms with Crippen molar-refractivity contribution in [1.82, 2.24) is 5.43 Å². The van der Waals surface area contributed by atoms with E-state index < -0.39 is 20.9 Å². The van der Waals surface area contributed by atoms with Gasteiger partial charge in [-0.25, -0.2) is 5.43 Å². The maximum atomic E-state index is 12.3. The molecular formula is C20H14BrN3O6S. The summed E-state index contributed by atoms with van der Waals surface area (Å²) in [5.41, 5.74) is 3.04. The molecule has 0 fully saturated rings. The first-order valence-corrected chi connectivity index (χ1v) is 10.8. The van der Waals surface area contributed by atoms with Gasteiger partial charge in [-0.2, -0.15) is 13.5 Å². The van der Waals surface area contributed by atoms with Crippen LogP contribution in [0.25, 0.3) is 0 Å². The molecule has 0 aromatic heterocycles. The van der Waals surface area contributed by atoms with Crippen molar-refractivity contribution >= 4 is 43.9 Å². The molecule has 0 saturated carbocycles. The summed E-state index contributed by atoms with van der Waals surface area (Å²) in [6, 6.07) is 17.3. The third-order valence-corrected chi connectivity index (χ3v) is 5.84. The van der Waals surface area contributed by atoms with Crippen molar-refractivity contribution in [3.8, 4) is 5.75 Å². The van der Waals surface area contributed by atoms with Crippen LogP contribution in [0.3, 0.4) is 0 Å². The van der Waals surface area contributed by atoms with Gasteiger partial charge in [0, 0.05) is 16.6 Å². The molecule has 1 amide bonds. The van der Waals surface area contributed by atoms with Crippen molar-refractivity contribution in [2.45, 2.75) is 4.90 Å². The molecule has 0 bridgehead atoms. The van der Waals surface area contributed by atoms with E-state index >= 15 is 0 Å². The SMILES string of the molecule is O=C(N/N=C\c1ccc(OS(=O)(=O)c2cccc([N+](=O)[O-])c2)cc1)c1ccccc1Br.